The number of hydrogen-bond acceptors (Lipinski definition) is 1. The largest absolute Gasteiger partial charge is 0.379 e. The molecule has 0 N–H and O–H groups in total. The maximum Gasteiger partial charge on any atom is 0.0547 e. The van der Waals surface area contributed by atoms with Crippen LogP contribution in [0.1, 0.15) is 30.9 Å². The van der Waals surface area contributed by atoms with Gasteiger partial charge in [0.1, 0.15) is 0 Å². The van der Waals surface area contributed by atoms with E-state index >= 15 is 0 Å². The van der Waals surface area contributed by atoms with E-state index in [1.54, 1.807) is 0 Å². The Morgan fingerprint density at radius 2 is 1.71 bits per heavy atom. The molecule has 1 nitrogen and oxygen atoms in total. The maximum atomic E-state index is 5.15. The van der Waals surface area contributed by atoms with Crippen molar-refractivity contribution in [3.05, 3.63) is 35.4 Å². The van der Waals surface area contributed by atoms with Crippen LogP contribution in [0.25, 0.3) is 0 Å². The molecule has 78 valence electrons. The smallest absolute Gasteiger partial charge is 0.0547 e. The summed E-state index contributed by atoms with van der Waals surface area (Å²) >= 11 is 0. The van der Waals surface area contributed by atoms with Gasteiger partial charge in [0, 0.05) is 6.61 Å². The van der Waals surface area contributed by atoms with E-state index < -0.39 is 0 Å². The van der Waals surface area contributed by atoms with E-state index in [2.05, 4.69) is 45.0 Å². The lowest BCUT2D eigenvalue weighted by molar-refractivity contribution is 0.125. The SMILES string of the molecule is CC1CCCO1.Cc1ccccc1C. The summed E-state index contributed by atoms with van der Waals surface area (Å²) in [5.74, 6) is 0. The van der Waals surface area contributed by atoms with Crippen LogP contribution in [0, 0.1) is 13.8 Å². The number of hydrogen-bond donors (Lipinski definition) is 0. The highest BCUT2D eigenvalue weighted by Crippen LogP contribution is 2.09. The molecule has 1 heteroatoms. The van der Waals surface area contributed by atoms with E-state index in [0.29, 0.717) is 6.10 Å². The van der Waals surface area contributed by atoms with Crippen LogP contribution in [-0.2, 0) is 4.74 Å². The number of aryl methyl sites for hydroxylation is 2. The van der Waals surface area contributed by atoms with E-state index in [1.165, 1.54) is 24.0 Å². The maximum absolute atomic E-state index is 5.15. The molecule has 0 amide bonds. The highest BCUT2D eigenvalue weighted by atomic mass is 16.5. The van der Waals surface area contributed by atoms with E-state index in [-0.39, 0.29) is 0 Å². The van der Waals surface area contributed by atoms with Crippen molar-refractivity contribution in [1.29, 1.82) is 0 Å². The minimum absolute atomic E-state index is 0.546. The molecular weight excluding hydrogens is 172 g/mol. The molecular formula is C13H20O. The molecule has 2 rings (SSSR count). The summed E-state index contributed by atoms with van der Waals surface area (Å²) in [6, 6.07) is 8.36. The quantitative estimate of drug-likeness (QED) is 0.611. The fraction of sp³-hybridized carbons (Fsp3) is 0.538. The van der Waals surface area contributed by atoms with Crippen LogP contribution < -0.4 is 0 Å². The van der Waals surface area contributed by atoms with Crippen LogP contribution in [0.3, 0.4) is 0 Å². The van der Waals surface area contributed by atoms with E-state index in [0.717, 1.165) is 6.61 Å². The van der Waals surface area contributed by atoms with Gasteiger partial charge in [0.05, 0.1) is 6.10 Å². The normalized spacial score (nSPS) is 20.1. The zero-order chi connectivity index (χ0) is 10.4. The first-order valence-corrected chi connectivity index (χ1v) is 5.34. The van der Waals surface area contributed by atoms with E-state index in [9.17, 15) is 0 Å². The molecule has 1 saturated heterocycles. The molecule has 0 aromatic heterocycles. The lowest BCUT2D eigenvalue weighted by Gasteiger charge is -1.94. The van der Waals surface area contributed by atoms with Gasteiger partial charge in [-0.3, -0.25) is 0 Å². The van der Waals surface area contributed by atoms with Crippen LogP contribution in [0.4, 0.5) is 0 Å². The molecule has 1 heterocycles. The first-order chi connectivity index (χ1) is 6.70. The van der Waals surface area contributed by atoms with Crippen molar-refractivity contribution >= 4 is 0 Å². The van der Waals surface area contributed by atoms with Crippen LogP contribution in [0.5, 0.6) is 0 Å². The lowest BCUT2D eigenvalue weighted by Crippen LogP contribution is -1.94. The van der Waals surface area contributed by atoms with Crippen molar-refractivity contribution in [1.82, 2.24) is 0 Å². The average molecular weight is 192 g/mol. The minimum Gasteiger partial charge on any atom is -0.379 e. The average Bonchev–Trinajstić information content (AvgIpc) is 2.63. The molecule has 1 aromatic rings. The monoisotopic (exact) mass is 192 g/mol. The predicted molar refractivity (Wildman–Crippen MR) is 60.6 cm³/mol. The summed E-state index contributed by atoms with van der Waals surface area (Å²) < 4.78 is 5.15. The van der Waals surface area contributed by atoms with Gasteiger partial charge in [0.15, 0.2) is 0 Å². The third kappa shape index (κ3) is 3.93. The molecule has 0 aliphatic carbocycles. The molecule has 1 aliphatic heterocycles. The van der Waals surface area contributed by atoms with Gasteiger partial charge >= 0.3 is 0 Å². The summed E-state index contributed by atoms with van der Waals surface area (Å²) in [5, 5.41) is 0. The van der Waals surface area contributed by atoms with Crippen LogP contribution in [-0.4, -0.2) is 12.7 Å². The highest BCUT2D eigenvalue weighted by Gasteiger charge is 2.07. The Bertz CT molecular complexity index is 241. The summed E-state index contributed by atoms with van der Waals surface area (Å²) in [6.07, 6.45) is 3.08. The molecule has 1 aromatic carbocycles. The standard InChI is InChI=1S/C8H10.C5H10O/c1-7-5-3-4-6-8(7)2;1-5-3-2-4-6-5/h3-6H,1-2H3;5H,2-4H2,1H3. The zero-order valence-electron chi connectivity index (χ0n) is 9.42. The molecule has 1 atom stereocenters. The van der Waals surface area contributed by atoms with E-state index in [1.807, 2.05) is 0 Å². The Kier molecular flexibility index (Phi) is 4.68. The Hall–Kier alpha value is -0.820. The third-order valence-corrected chi connectivity index (χ3v) is 2.58. The molecule has 14 heavy (non-hydrogen) atoms. The predicted octanol–water partition coefficient (Wildman–Crippen LogP) is 3.49. The van der Waals surface area contributed by atoms with Crippen molar-refractivity contribution in [2.75, 3.05) is 6.61 Å². The molecule has 0 bridgehead atoms. The fourth-order valence-electron chi connectivity index (χ4n) is 1.40. The first kappa shape index (κ1) is 11.3. The van der Waals surface area contributed by atoms with Gasteiger partial charge in [-0.15, -0.1) is 0 Å². The van der Waals surface area contributed by atoms with Crippen LogP contribution in [0.2, 0.25) is 0 Å². The minimum atomic E-state index is 0.546. The van der Waals surface area contributed by atoms with Crippen molar-refractivity contribution in [3.8, 4) is 0 Å². The fourth-order valence-corrected chi connectivity index (χ4v) is 1.40. The second-order valence-electron chi connectivity index (χ2n) is 3.91. The molecule has 1 unspecified atom stereocenters. The van der Waals surface area contributed by atoms with Crippen LogP contribution >= 0.6 is 0 Å². The van der Waals surface area contributed by atoms with Gasteiger partial charge in [-0.2, -0.15) is 0 Å². The second-order valence-corrected chi connectivity index (χ2v) is 3.91. The van der Waals surface area contributed by atoms with Gasteiger partial charge in [0.2, 0.25) is 0 Å². The Morgan fingerprint density at radius 1 is 1.14 bits per heavy atom. The van der Waals surface area contributed by atoms with Gasteiger partial charge in [-0.05, 0) is 44.7 Å². The van der Waals surface area contributed by atoms with Gasteiger partial charge in [0.25, 0.3) is 0 Å². The van der Waals surface area contributed by atoms with Gasteiger partial charge < -0.3 is 4.74 Å². The molecule has 0 spiro atoms. The van der Waals surface area contributed by atoms with Crippen molar-refractivity contribution in [2.24, 2.45) is 0 Å². The van der Waals surface area contributed by atoms with Crippen molar-refractivity contribution in [2.45, 2.75) is 39.7 Å². The first-order valence-electron chi connectivity index (χ1n) is 5.34. The van der Waals surface area contributed by atoms with Gasteiger partial charge in [-0.25, -0.2) is 0 Å². The second kappa shape index (κ2) is 5.82. The van der Waals surface area contributed by atoms with Crippen LogP contribution in [0.15, 0.2) is 24.3 Å². The summed E-state index contributed by atoms with van der Waals surface area (Å²) in [6.45, 7) is 7.35. The molecule has 0 radical (unpaired) electrons. The number of ether oxygens (including phenoxy) is 1. The third-order valence-electron chi connectivity index (χ3n) is 2.58. The van der Waals surface area contributed by atoms with Gasteiger partial charge in [-0.1, -0.05) is 24.3 Å². The number of benzene rings is 1. The highest BCUT2D eigenvalue weighted by molar-refractivity contribution is 5.23. The summed E-state index contributed by atoms with van der Waals surface area (Å²) in [7, 11) is 0. The lowest BCUT2D eigenvalue weighted by atomic mass is 10.1. The zero-order valence-corrected chi connectivity index (χ0v) is 9.42. The summed E-state index contributed by atoms with van der Waals surface area (Å²) in [4.78, 5) is 0. The Labute approximate surface area is 87.1 Å². The van der Waals surface area contributed by atoms with E-state index in [4.69, 9.17) is 4.74 Å². The van der Waals surface area contributed by atoms with Crippen molar-refractivity contribution in [3.63, 3.8) is 0 Å². The Balaban J connectivity index is 0.000000146. The van der Waals surface area contributed by atoms with Crippen molar-refractivity contribution < 1.29 is 4.74 Å². The molecule has 1 fully saturated rings. The molecule has 0 saturated carbocycles. The molecule has 1 aliphatic rings. The topological polar surface area (TPSA) is 9.23 Å². The Morgan fingerprint density at radius 3 is 1.93 bits per heavy atom. The number of rotatable bonds is 0. The summed E-state index contributed by atoms with van der Waals surface area (Å²) in [5.41, 5.74) is 2.74.